The molecule has 0 aromatic heterocycles. The van der Waals surface area contributed by atoms with E-state index in [1.165, 1.54) is 0 Å². The van der Waals surface area contributed by atoms with Gasteiger partial charge in [-0.3, -0.25) is 4.79 Å². The molecule has 1 saturated heterocycles. The van der Waals surface area contributed by atoms with E-state index >= 15 is 0 Å². The molecule has 16 heavy (non-hydrogen) atoms. The maximum atomic E-state index is 11.9. The van der Waals surface area contributed by atoms with Crippen molar-refractivity contribution < 1.29 is 18.7 Å². The summed E-state index contributed by atoms with van der Waals surface area (Å²) in [6.45, 7) is 1.39. The van der Waals surface area contributed by atoms with Crippen molar-refractivity contribution >= 4 is 5.91 Å². The van der Waals surface area contributed by atoms with E-state index in [1.807, 2.05) is 0 Å². The van der Waals surface area contributed by atoms with Gasteiger partial charge in [-0.2, -0.15) is 0 Å². The van der Waals surface area contributed by atoms with Crippen LogP contribution in [0.3, 0.4) is 0 Å². The van der Waals surface area contributed by atoms with Crippen LogP contribution in [-0.4, -0.2) is 43.2 Å². The van der Waals surface area contributed by atoms with Crippen LogP contribution in [0.1, 0.15) is 19.3 Å². The van der Waals surface area contributed by atoms with Crippen molar-refractivity contribution in [2.24, 2.45) is 5.92 Å². The van der Waals surface area contributed by atoms with Gasteiger partial charge < -0.3 is 15.7 Å². The molecule has 0 bridgehead atoms. The number of piperidine rings is 1. The summed E-state index contributed by atoms with van der Waals surface area (Å²) in [6, 6.07) is 0. The fraction of sp³-hybridized carbons (Fsp3) is 0.900. The van der Waals surface area contributed by atoms with Gasteiger partial charge >= 0.3 is 0 Å². The predicted molar refractivity (Wildman–Crippen MR) is 55.2 cm³/mol. The number of hydrogen-bond donors (Lipinski definition) is 3. The Morgan fingerprint density at radius 2 is 2.31 bits per heavy atom. The van der Waals surface area contributed by atoms with Crippen LogP contribution in [0.5, 0.6) is 0 Å². The minimum Gasteiger partial charge on any atom is -0.385 e. The molecule has 1 aliphatic heterocycles. The van der Waals surface area contributed by atoms with Crippen LogP contribution >= 0.6 is 0 Å². The van der Waals surface area contributed by atoms with Gasteiger partial charge in [0, 0.05) is 13.0 Å². The molecule has 6 heteroatoms. The molecule has 1 aliphatic rings. The molecule has 94 valence electrons. The number of carbonyl (C=O) groups is 1. The smallest absolute Gasteiger partial charge is 0.265 e. The number of nitrogens with one attached hydrogen (secondary N) is 2. The number of aliphatic hydroxyl groups is 1. The predicted octanol–water partition coefficient (Wildman–Crippen LogP) is 0.118. The van der Waals surface area contributed by atoms with Crippen LogP contribution in [0.15, 0.2) is 0 Å². The third-order valence-electron chi connectivity index (χ3n) is 2.67. The van der Waals surface area contributed by atoms with Crippen molar-refractivity contribution in [2.75, 3.05) is 19.6 Å². The molecule has 0 aliphatic carbocycles. The average molecular weight is 236 g/mol. The summed E-state index contributed by atoms with van der Waals surface area (Å²) in [7, 11) is 0. The Morgan fingerprint density at radius 1 is 1.56 bits per heavy atom. The Labute approximate surface area is 93.4 Å². The summed E-state index contributed by atoms with van der Waals surface area (Å²) >= 11 is 0. The van der Waals surface area contributed by atoms with Crippen molar-refractivity contribution in [2.45, 2.75) is 31.8 Å². The molecule has 1 heterocycles. The molecule has 3 N–H and O–H groups in total. The lowest BCUT2D eigenvalue weighted by Gasteiger charge is -2.22. The fourth-order valence-electron chi connectivity index (χ4n) is 1.74. The second kappa shape index (κ2) is 6.75. The Bertz CT molecular complexity index is 221. The first-order valence-corrected chi connectivity index (χ1v) is 5.53. The second-order valence-corrected chi connectivity index (χ2v) is 4.12. The number of rotatable bonds is 5. The van der Waals surface area contributed by atoms with Gasteiger partial charge in [0.15, 0.2) is 0 Å². The van der Waals surface area contributed by atoms with Crippen molar-refractivity contribution in [3.63, 3.8) is 0 Å². The largest absolute Gasteiger partial charge is 0.385 e. The van der Waals surface area contributed by atoms with Crippen LogP contribution in [0.4, 0.5) is 8.78 Å². The zero-order chi connectivity index (χ0) is 12.0. The van der Waals surface area contributed by atoms with E-state index in [0.29, 0.717) is 6.42 Å². The zero-order valence-corrected chi connectivity index (χ0v) is 9.09. The standard InChI is InChI=1S/C10H18F2N2O2/c11-10(12)8(15)6-14-9(16)4-7-2-1-3-13-5-7/h7-8,10,13,15H,1-6H2,(H,14,16). The van der Waals surface area contributed by atoms with Crippen molar-refractivity contribution in [3.05, 3.63) is 0 Å². The highest BCUT2D eigenvalue weighted by atomic mass is 19.3. The van der Waals surface area contributed by atoms with Gasteiger partial charge in [-0.25, -0.2) is 8.78 Å². The first kappa shape index (κ1) is 13.3. The Balaban J connectivity index is 2.14. The van der Waals surface area contributed by atoms with E-state index in [0.717, 1.165) is 25.9 Å². The monoisotopic (exact) mass is 236 g/mol. The molecular weight excluding hydrogens is 218 g/mol. The number of carbonyl (C=O) groups excluding carboxylic acids is 1. The van der Waals surface area contributed by atoms with Gasteiger partial charge in [0.1, 0.15) is 6.10 Å². The number of amides is 1. The molecule has 0 saturated carbocycles. The number of halogens is 2. The maximum Gasteiger partial charge on any atom is 0.265 e. The summed E-state index contributed by atoms with van der Waals surface area (Å²) in [5, 5.41) is 14.3. The first-order valence-electron chi connectivity index (χ1n) is 5.53. The van der Waals surface area contributed by atoms with Gasteiger partial charge in [0.25, 0.3) is 6.43 Å². The van der Waals surface area contributed by atoms with Crippen LogP contribution in [0.2, 0.25) is 0 Å². The molecule has 4 nitrogen and oxygen atoms in total. The highest BCUT2D eigenvalue weighted by Crippen LogP contribution is 2.13. The third-order valence-corrected chi connectivity index (χ3v) is 2.67. The fourth-order valence-corrected chi connectivity index (χ4v) is 1.74. The van der Waals surface area contributed by atoms with Gasteiger partial charge in [-0.1, -0.05) is 0 Å². The molecule has 1 rings (SSSR count). The van der Waals surface area contributed by atoms with E-state index in [4.69, 9.17) is 5.11 Å². The highest BCUT2D eigenvalue weighted by Gasteiger charge is 2.20. The Hall–Kier alpha value is -0.750. The highest BCUT2D eigenvalue weighted by molar-refractivity contribution is 5.76. The molecule has 0 spiro atoms. The van der Waals surface area contributed by atoms with Crippen LogP contribution in [-0.2, 0) is 4.79 Å². The van der Waals surface area contributed by atoms with Gasteiger partial charge in [0.2, 0.25) is 5.91 Å². The van der Waals surface area contributed by atoms with Gasteiger partial charge in [-0.05, 0) is 31.8 Å². The average Bonchev–Trinajstić information content (AvgIpc) is 2.27. The first-order chi connectivity index (χ1) is 7.59. The lowest BCUT2D eigenvalue weighted by atomic mass is 9.96. The number of alkyl halides is 2. The van der Waals surface area contributed by atoms with Crippen LogP contribution < -0.4 is 10.6 Å². The topological polar surface area (TPSA) is 61.4 Å². The second-order valence-electron chi connectivity index (χ2n) is 4.12. The lowest BCUT2D eigenvalue weighted by Crippen LogP contribution is -2.38. The minimum absolute atomic E-state index is 0.270. The van der Waals surface area contributed by atoms with Gasteiger partial charge in [-0.15, -0.1) is 0 Å². The SMILES string of the molecule is O=C(CC1CCCNC1)NCC(O)C(F)F. The summed E-state index contributed by atoms with van der Waals surface area (Å²) in [5.74, 6) is 0.00541. The quantitative estimate of drug-likeness (QED) is 0.635. The summed E-state index contributed by atoms with van der Waals surface area (Å²) in [6.07, 6.45) is -2.22. The molecule has 1 fully saturated rings. The Morgan fingerprint density at radius 3 is 2.88 bits per heavy atom. The van der Waals surface area contributed by atoms with Crippen molar-refractivity contribution in [1.82, 2.24) is 10.6 Å². The molecule has 2 unspecified atom stereocenters. The molecule has 0 aromatic rings. The molecule has 0 aromatic carbocycles. The normalized spacial score (nSPS) is 23.1. The van der Waals surface area contributed by atoms with Crippen LogP contribution in [0, 0.1) is 5.92 Å². The van der Waals surface area contributed by atoms with E-state index in [9.17, 15) is 13.6 Å². The number of hydrogen-bond acceptors (Lipinski definition) is 3. The lowest BCUT2D eigenvalue weighted by molar-refractivity contribution is -0.123. The Kier molecular flexibility index (Phi) is 5.62. The summed E-state index contributed by atoms with van der Waals surface area (Å²) in [4.78, 5) is 11.3. The molecule has 2 atom stereocenters. The van der Waals surface area contributed by atoms with Crippen molar-refractivity contribution in [3.8, 4) is 0 Å². The third kappa shape index (κ3) is 4.85. The van der Waals surface area contributed by atoms with E-state index in [-0.39, 0.29) is 18.4 Å². The van der Waals surface area contributed by atoms with E-state index in [2.05, 4.69) is 10.6 Å². The molecule has 0 radical (unpaired) electrons. The van der Waals surface area contributed by atoms with Crippen LogP contribution in [0.25, 0.3) is 0 Å². The number of aliphatic hydroxyl groups excluding tert-OH is 1. The zero-order valence-electron chi connectivity index (χ0n) is 9.09. The molecular formula is C10H18F2N2O2. The summed E-state index contributed by atoms with van der Waals surface area (Å²) in [5.41, 5.74) is 0. The molecule has 1 amide bonds. The maximum absolute atomic E-state index is 11.9. The van der Waals surface area contributed by atoms with Gasteiger partial charge in [0.05, 0.1) is 0 Å². The van der Waals surface area contributed by atoms with Crippen molar-refractivity contribution in [1.29, 1.82) is 0 Å². The summed E-state index contributed by atoms with van der Waals surface area (Å²) < 4.78 is 23.9. The minimum atomic E-state index is -2.81. The van der Waals surface area contributed by atoms with E-state index in [1.54, 1.807) is 0 Å². The van der Waals surface area contributed by atoms with E-state index < -0.39 is 12.5 Å².